The van der Waals surface area contributed by atoms with E-state index in [2.05, 4.69) is 26.2 Å². The molecule has 17 nitrogen and oxygen atoms in total. The molecular weight excluding hydrogens is 797 g/mol. The lowest BCUT2D eigenvalue weighted by Crippen LogP contribution is -2.50. The lowest BCUT2D eigenvalue weighted by atomic mass is 10.1. The molecule has 55 heavy (non-hydrogen) atoms. The van der Waals surface area contributed by atoms with E-state index in [1.807, 2.05) is 39.9 Å². The number of aliphatic hydroxyl groups excluding tert-OH is 1. The summed E-state index contributed by atoms with van der Waals surface area (Å²) in [5.41, 5.74) is 0.544. The van der Waals surface area contributed by atoms with Crippen LogP contribution in [-0.4, -0.2) is 106 Å². The second kappa shape index (κ2) is 18.0. The lowest BCUT2D eigenvalue weighted by Gasteiger charge is -2.40. The molecule has 3 N–H and O–H groups in total. The maximum Gasteiger partial charge on any atom is 0.695 e. The number of anilines is 1. The van der Waals surface area contributed by atoms with Gasteiger partial charge in [0.2, 0.25) is 0 Å². The molecule has 4 heterocycles. The zero-order valence-corrected chi connectivity index (χ0v) is 34.2. The van der Waals surface area contributed by atoms with Crippen molar-refractivity contribution in [1.82, 2.24) is 19.5 Å². The number of nitrogens with one attached hydrogen (secondary N) is 1. The maximum atomic E-state index is 16.3. The summed E-state index contributed by atoms with van der Waals surface area (Å²) < 4.78 is 71.2. The number of amides is 1. The van der Waals surface area contributed by atoms with E-state index in [-0.39, 0.29) is 35.0 Å². The van der Waals surface area contributed by atoms with E-state index >= 15 is 4.39 Å². The largest absolute Gasteiger partial charge is 0.695 e. The Labute approximate surface area is 324 Å². The van der Waals surface area contributed by atoms with Gasteiger partial charge in [-0.15, -0.1) is 15.8 Å². The average Bonchev–Trinajstić information content (AvgIpc) is 3.80. The van der Waals surface area contributed by atoms with Gasteiger partial charge in [-0.1, -0.05) is 44.9 Å². The number of benzene rings is 1. The zero-order valence-electron chi connectivity index (χ0n) is 30.6. The highest BCUT2D eigenvalue weighted by Gasteiger charge is 2.54. The van der Waals surface area contributed by atoms with Gasteiger partial charge in [-0.25, -0.2) is 19.3 Å². The Balaban J connectivity index is 1.40. The molecule has 2 fully saturated rings. The van der Waals surface area contributed by atoms with Crippen LogP contribution in [0.1, 0.15) is 43.8 Å². The van der Waals surface area contributed by atoms with Gasteiger partial charge in [0.15, 0.2) is 43.8 Å². The quantitative estimate of drug-likeness (QED) is 0.0771. The molecule has 0 spiro atoms. The van der Waals surface area contributed by atoms with E-state index in [0.717, 1.165) is 6.33 Å². The molecule has 2 saturated heterocycles. The highest BCUT2D eigenvalue weighted by Crippen LogP contribution is 2.55. The Bertz CT molecular complexity index is 1980. The topological polar surface area (TPSA) is 219 Å². The molecule has 0 aliphatic carbocycles. The van der Waals surface area contributed by atoms with Gasteiger partial charge in [0.25, 0.3) is 5.91 Å². The van der Waals surface area contributed by atoms with Crippen LogP contribution < -0.4 is 5.32 Å². The van der Waals surface area contributed by atoms with Crippen molar-refractivity contribution in [3.8, 4) is 18.4 Å². The first-order chi connectivity index (χ1) is 26.0. The minimum atomic E-state index is -3.94. The van der Waals surface area contributed by atoms with E-state index in [0.29, 0.717) is 5.56 Å². The number of halogens is 1. The van der Waals surface area contributed by atoms with Gasteiger partial charge in [-0.2, -0.15) is 5.26 Å². The molecule has 0 radical (unpaired) electrons. The van der Waals surface area contributed by atoms with Crippen molar-refractivity contribution < 1.29 is 55.7 Å². The predicted molar refractivity (Wildman–Crippen MR) is 201 cm³/mol. The van der Waals surface area contributed by atoms with Gasteiger partial charge in [-0.3, -0.25) is 13.9 Å². The van der Waals surface area contributed by atoms with E-state index in [4.69, 9.17) is 50.2 Å². The summed E-state index contributed by atoms with van der Waals surface area (Å²) in [4.78, 5) is 35.1. The van der Waals surface area contributed by atoms with Crippen molar-refractivity contribution in [3.63, 3.8) is 0 Å². The van der Waals surface area contributed by atoms with Crippen molar-refractivity contribution in [2.24, 2.45) is 0 Å². The number of carbonyl (C=O) groups is 1. The van der Waals surface area contributed by atoms with Crippen LogP contribution in [0.15, 0.2) is 43.0 Å². The Kier molecular flexibility index (Phi) is 14.0. The zero-order chi connectivity index (χ0) is 40.1. The third kappa shape index (κ3) is 9.87. The second-order valence-electron chi connectivity index (χ2n) is 14.0. The number of alkyl halides is 1. The SMILES string of the molecule is C#C[C@@H]1O[C@H](CO)[C@@H](O[Si](C)(C)C(C)(C)C)[C@H]1OP(=S)(OCCC#N)OC[C@H]1O[C@@H](n2cnc3c(NC(=O)c4ccccc4)ncnc32)[C@H](F)[C@@H]1O[P+](=O)O. The molecular formula is C33H42FN6O11P2SSi+. The van der Waals surface area contributed by atoms with E-state index in [9.17, 15) is 24.6 Å². The van der Waals surface area contributed by atoms with Gasteiger partial charge < -0.3 is 33.4 Å². The third-order valence-electron chi connectivity index (χ3n) is 9.38. The normalized spacial score (nSPS) is 27.0. The number of hydrogen-bond acceptors (Lipinski definition) is 15. The number of nitriles is 1. The molecule has 2 aliphatic rings. The molecule has 1 amide bonds. The summed E-state index contributed by atoms with van der Waals surface area (Å²) >= 11 is 5.78. The van der Waals surface area contributed by atoms with Crippen molar-refractivity contribution >= 4 is 58.0 Å². The fraction of sp³-hybridized carbons (Fsp3) is 0.545. The van der Waals surface area contributed by atoms with E-state index in [1.54, 1.807) is 30.3 Å². The van der Waals surface area contributed by atoms with Crippen molar-refractivity contribution in [2.45, 2.75) is 94.3 Å². The van der Waals surface area contributed by atoms with Crippen LogP contribution in [-0.2, 0) is 48.4 Å². The first-order valence-electron chi connectivity index (χ1n) is 17.0. The minimum absolute atomic E-state index is 0.0462. The fourth-order valence-electron chi connectivity index (χ4n) is 5.58. The van der Waals surface area contributed by atoms with Crippen molar-refractivity contribution in [1.29, 1.82) is 5.26 Å². The van der Waals surface area contributed by atoms with Crippen LogP contribution in [0.2, 0.25) is 18.1 Å². The monoisotopic (exact) mass is 839 g/mol. The first kappa shape index (κ1) is 43.0. The molecule has 3 aromatic rings. The predicted octanol–water partition coefficient (Wildman–Crippen LogP) is 4.69. The molecule has 10 atom stereocenters. The Morgan fingerprint density at radius 2 is 1.89 bits per heavy atom. The standard InChI is InChI=1S/C33H41FN6O11P2SSi/c1-7-21-27(28(22(16-41)47-21)51-55(5,6)33(2,3)4)50-53(54,45-15-11-14-35)46-17-23-26(49-52(43)44)24(34)32(48-23)40-19-38-25-29(36-18-37-30(25)40)39-31(42)20-12-9-8-10-13-20/h1,8-10,12-13,18-19,21-24,26-28,32,41H,11,15-17H2,2-6H3,(H-,36,37,39,42,43,44)/p+1/t21-,22+,23+,24+,26+,27-,28+,32+,53?/m0/s1. The smallest absolute Gasteiger partial charge is 0.408 e. The Hall–Kier alpha value is -3.17. The van der Waals surface area contributed by atoms with Gasteiger partial charge >= 0.3 is 15.0 Å². The number of rotatable bonds is 16. The van der Waals surface area contributed by atoms with Gasteiger partial charge in [0, 0.05) is 10.1 Å². The van der Waals surface area contributed by atoms with Crippen LogP contribution in [0.25, 0.3) is 11.2 Å². The summed E-state index contributed by atoms with van der Waals surface area (Å²) in [7, 11) is -5.86. The number of aromatic nitrogens is 4. The number of imidazole rings is 1. The van der Waals surface area contributed by atoms with Crippen molar-refractivity contribution in [3.05, 3.63) is 48.5 Å². The molecule has 1 aromatic carbocycles. The summed E-state index contributed by atoms with van der Waals surface area (Å²) in [6.07, 6.45) is -2.52. The molecule has 2 unspecified atom stereocenters. The molecule has 22 heteroatoms. The number of aliphatic hydroxyl groups is 1. The highest BCUT2D eigenvalue weighted by molar-refractivity contribution is 8.07. The molecule has 0 saturated carbocycles. The maximum absolute atomic E-state index is 16.3. The minimum Gasteiger partial charge on any atom is -0.408 e. The molecule has 296 valence electrons. The van der Waals surface area contributed by atoms with Gasteiger partial charge in [0.05, 0.1) is 38.6 Å². The number of carbonyl (C=O) groups excluding carboxylic acids is 1. The Morgan fingerprint density at radius 3 is 2.53 bits per heavy atom. The van der Waals surface area contributed by atoms with Crippen LogP contribution in [0.4, 0.5) is 10.2 Å². The van der Waals surface area contributed by atoms with Crippen molar-refractivity contribution in [2.75, 3.05) is 25.1 Å². The first-order valence-corrected chi connectivity index (χ1v) is 23.6. The third-order valence-corrected chi connectivity index (χ3v) is 16.6. The number of terminal acetylenes is 1. The highest BCUT2D eigenvalue weighted by atomic mass is 32.5. The van der Waals surface area contributed by atoms with Gasteiger partial charge in [-0.05, 0) is 42.1 Å². The average molecular weight is 840 g/mol. The number of fused-ring (bicyclic) bond motifs is 1. The second-order valence-corrected chi connectivity index (χ2v) is 22.4. The van der Waals surface area contributed by atoms with E-state index < -0.39 is 91.4 Å². The number of nitrogens with zero attached hydrogens (tertiary/aromatic N) is 5. The molecule has 5 rings (SSSR count). The van der Waals surface area contributed by atoms with Gasteiger partial charge in [0.1, 0.15) is 36.8 Å². The summed E-state index contributed by atoms with van der Waals surface area (Å²) in [5.74, 6) is 2.08. The molecule has 0 bridgehead atoms. The van der Waals surface area contributed by atoms with Crippen LogP contribution in [0, 0.1) is 23.7 Å². The van der Waals surface area contributed by atoms with Crippen LogP contribution in [0.5, 0.6) is 0 Å². The Morgan fingerprint density at radius 1 is 1.16 bits per heavy atom. The molecule has 2 aliphatic heterocycles. The van der Waals surface area contributed by atoms with E-state index in [1.165, 1.54) is 10.9 Å². The van der Waals surface area contributed by atoms with Crippen LogP contribution in [0.3, 0.4) is 0 Å². The molecule has 2 aromatic heterocycles. The summed E-state index contributed by atoms with van der Waals surface area (Å²) in [5, 5.41) is 21.8. The summed E-state index contributed by atoms with van der Waals surface area (Å²) in [6.45, 7) is 4.91. The van der Waals surface area contributed by atoms with Crippen LogP contribution >= 0.6 is 15.0 Å². The lowest BCUT2D eigenvalue weighted by molar-refractivity contribution is -0.0458. The number of hydrogen-bond donors (Lipinski definition) is 3. The summed E-state index contributed by atoms with van der Waals surface area (Å²) in [6, 6.07) is 10.3. The number of ether oxygens (including phenoxy) is 2. The fourth-order valence-corrected chi connectivity index (χ4v) is 9.43.